The van der Waals surface area contributed by atoms with Crippen molar-refractivity contribution in [2.75, 3.05) is 0 Å². The number of hydrogen-bond donors (Lipinski definition) is 0. The van der Waals surface area contributed by atoms with Crippen LogP contribution in [-0.4, -0.2) is 9.78 Å². The normalized spacial score (nSPS) is 10.3. The molecular formula is C14H12Br2N2. The molecule has 0 saturated heterocycles. The molecule has 3 aromatic rings. The topological polar surface area (TPSA) is 17.8 Å². The number of benzene rings is 2. The van der Waals surface area contributed by atoms with Crippen molar-refractivity contribution in [3.05, 3.63) is 64.8 Å². The van der Waals surface area contributed by atoms with E-state index in [4.69, 9.17) is 0 Å². The van der Waals surface area contributed by atoms with Crippen molar-refractivity contribution in [3.8, 4) is 0 Å². The maximum absolute atomic E-state index is 4.56. The summed E-state index contributed by atoms with van der Waals surface area (Å²) in [6.07, 6.45) is 2.08. The summed E-state index contributed by atoms with van der Waals surface area (Å²) in [6.45, 7) is 0.813. The summed E-state index contributed by atoms with van der Waals surface area (Å²) in [6, 6.07) is 16.5. The number of nitrogens with zero attached hydrogens (tertiary/aromatic N) is 2. The fourth-order valence-corrected chi connectivity index (χ4v) is 2.24. The molecule has 0 saturated carbocycles. The first kappa shape index (κ1) is 13.3. The molecule has 0 aliphatic carbocycles. The molecule has 92 valence electrons. The van der Waals surface area contributed by atoms with Crippen molar-refractivity contribution in [3.63, 3.8) is 0 Å². The Morgan fingerprint density at radius 1 is 1.06 bits per heavy atom. The van der Waals surface area contributed by atoms with E-state index in [-0.39, 0.29) is 17.0 Å². The Labute approximate surface area is 125 Å². The van der Waals surface area contributed by atoms with E-state index >= 15 is 0 Å². The van der Waals surface area contributed by atoms with Gasteiger partial charge in [-0.3, -0.25) is 4.68 Å². The number of fused-ring (bicyclic) bond motifs is 1. The van der Waals surface area contributed by atoms with Crippen molar-refractivity contribution in [2.24, 2.45) is 0 Å². The second-order valence-electron chi connectivity index (χ2n) is 4.02. The summed E-state index contributed by atoms with van der Waals surface area (Å²) in [5.74, 6) is 0. The smallest absolute Gasteiger partial charge is 0.0934 e. The number of halogens is 2. The zero-order valence-electron chi connectivity index (χ0n) is 9.58. The minimum absolute atomic E-state index is 0. The van der Waals surface area contributed by atoms with E-state index in [1.807, 2.05) is 22.9 Å². The molecule has 0 aliphatic heterocycles. The van der Waals surface area contributed by atoms with Crippen LogP contribution >= 0.6 is 32.9 Å². The third-order valence-electron chi connectivity index (χ3n) is 2.70. The molecule has 0 unspecified atom stereocenters. The minimum Gasteiger partial charge on any atom is -0.267 e. The van der Waals surface area contributed by atoms with Crippen LogP contribution in [0, 0.1) is 0 Å². The summed E-state index contributed by atoms with van der Waals surface area (Å²) in [7, 11) is 0. The lowest BCUT2D eigenvalue weighted by Gasteiger charge is -2.00. The Morgan fingerprint density at radius 3 is 2.61 bits per heavy atom. The number of aromatic nitrogens is 2. The van der Waals surface area contributed by atoms with Crippen LogP contribution < -0.4 is 0 Å². The monoisotopic (exact) mass is 366 g/mol. The maximum Gasteiger partial charge on any atom is 0.0934 e. The average molecular weight is 368 g/mol. The molecule has 3 rings (SSSR count). The van der Waals surface area contributed by atoms with Crippen molar-refractivity contribution in [1.29, 1.82) is 0 Å². The van der Waals surface area contributed by atoms with Crippen LogP contribution in [0.25, 0.3) is 10.9 Å². The van der Waals surface area contributed by atoms with Crippen molar-refractivity contribution in [2.45, 2.75) is 6.54 Å². The summed E-state index contributed by atoms with van der Waals surface area (Å²) in [4.78, 5) is 0. The second-order valence-corrected chi connectivity index (χ2v) is 4.93. The number of rotatable bonds is 2. The molecule has 2 nitrogen and oxygen atoms in total. The molecule has 1 heterocycles. The molecule has 4 heteroatoms. The van der Waals surface area contributed by atoms with Crippen LogP contribution in [0.1, 0.15) is 5.56 Å². The quantitative estimate of drug-likeness (QED) is 0.655. The Hall–Kier alpha value is -1.13. The van der Waals surface area contributed by atoms with Gasteiger partial charge >= 0.3 is 0 Å². The van der Waals surface area contributed by atoms with Gasteiger partial charge in [0.25, 0.3) is 0 Å². The fraction of sp³-hybridized carbons (Fsp3) is 0.0714. The van der Waals surface area contributed by atoms with Crippen LogP contribution in [0.15, 0.2) is 59.2 Å². The van der Waals surface area contributed by atoms with Crippen molar-refractivity contribution in [1.82, 2.24) is 9.78 Å². The van der Waals surface area contributed by atoms with Crippen molar-refractivity contribution >= 4 is 43.8 Å². The van der Waals surface area contributed by atoms with Gasteiger partial charge in [-0.05, 0) is 17.7 Å². The van der Waals surface area contributed by atoms with Gasteiger partial charge in [0, 0.05) is 16.1 Å². The van der Waals surface area contributed by atoms with Gasteiger partial charge in [-0.25, -0.2) is 0 Å². The molecule has 0 bridgehead atoms. The van der Waals surface area contributed by atoms with E-state index in [2.05, 4.69) is 57.6 Å². The first-order chi connectivity index (χ1) is 8.31. The summed E-state index contributed by atoms with van der Waals surface area (Å²) < 4.78 is 3.04. The third-order valence-corrected chi connectivity index (χ3v) is 3.20. The van der Waals surface area contributed by atoms with Gasteiger partial charge in [0.05, 0.1) is 12.1 Å². The summed E-state index contributed by atoms with van der Waals surface area (Å²) in [5.41, 5.74) is 2.29. The second kappa shape index (κ2) is 5.67. The lowest BCUT2D eigenvalue weighted by molar-refractivity contribution is 0.696. The van der Waals surface area contributed by atoms with Crippen LogP contribution in [0.4, 0.5) is 0 Å². The van der Waals surface area contributed by atoms with Gasteiger partial charge in [-0.2, -0.15) is 5.10 Å². The first-order valence-electron chi connectivity index (χ1n) is 5.48. The highest BCUT2D eigenvalue weighted by Crippen LogP contribution is 2.18. The third kappa shape index (κ3) is 2.82. The molecule has 2 aromatic carbocycles. The lowest BCUT2D eigenvalue weighted by Crippen LogP contribution is -1.99. The molecule has 0 spiro atoms. The van der Waals surface area contributed by atoms with Crippen LogP contribution in [0.2, 0.25) is 0 Å². The standard InChI is InChI=1S/C14H11BrN2.BrH/c15-13-7-6-12-10-17(16-14(12)8-13)9-11-4-2-1-3-5-11;/h1-8,10H,9H2;1H. The van der Waals surface area contributed by atoms with Gasteiger partial charge in [-0.15, -0.1) is 17.0 Å². The highest BCUT2D eigenvalue weighted by Gasteiger charge is 2.01. The molecule has 0 N–H and O–H groups in total. The van der Waals surface area contributed by atoms with Gasteiger partial charge < -0.3 is 0 Å². The Balaban J connectivity index is 0.00000120. The molecule has 0 aliphatic rings. The van der Waals surface area contributed by atoms with Gasteiger partial charge in [0.15, 0.2) is 0 Å². The molecule has 0 fully saturated rings. The average Bonchev–Trinajstić information content (AvgIpc) is 2.71. The maximum atomic E-state index is 4.56. The Kier molecular flexibility index (Phi) is 4.19. The molecule has 0 amide bonds. The van der Waals surface area contributed by atoms with E-state index < -0.39 is 0 Å². The van der Waals surface area contributed by atoms with E-state index in [9.17, 15) is 0 Å². The van der Waals surface area contributed by atoms with Crippen LogP contribution in [0.5, 0.6) is 0 Å². The zero-order chi connectivity index (χ0) is 11.7. The van der Waals surface area contributed by atoms with Gasteiger partial charge in [0.1, 0.15) is 0 Å². The van der Waals surface area contributed by atoms with E-state index in [1.165, 1.54) is 10.9 Å². The summed E-state index contributed by atoms with van der Waals surface area (Å²) in [5, 5.41) is 5.73. The SMILES string of the molecule is Br.Brc1ccc2cn(Cc3ccccc3)nc2c1. The van der Waals surface area contributed by atoms with Crippen LogP contribution in [0.3, 0.4) is 0 Å². The van der Waals surface area contributed by atoms with Gasteiger partial charge in [0.2, 0.25) is 0 Å². The highest BCUT2D eigenvalue weighted by molar-refractivity contribution is 9.10. The zero-order valence-corrected chi connectivity index (χ0v) is 12.9. The first-order valence-corrected chi connectivity index (χ1v) is 6.27. The predicted octanol–water partition coefficient (Wildman–Crippen LogP) is 4.43. The van der Waals surface area contributed by atoms with E-state index in [0.717, 1.165) is 16.5 Å². The molecule has 1 aromatic heterocycles. The van der Waals surface area contributed by atoms with E-state index in [1.54, 1.807) is 0 Å². The molecule has 0 atom stereocenters. The number of hydrogen-bond acceptors (Lipinski definition) is 1. The Morgan fingerprint density at radius 2 is 1.83 bits per heavy atom. The largest absolute Gasteiger partial charge is 0.267 e. The van der Waals surface area contributed by atoms with Crippen molar-refractivity contribution < 1.29 is 0 Å². The highest BCUT2D eigenvalue weighted by atomic mass is 79.9. The molecule has 18 heavy (non-hydrogen) atoms. The lowest BCUT2D eigenvalue weighted by atomic mass is 10.2. The molecular weight excluding hydrogens is 356 g/mol. The van der Waals surface area contributed by atoms with Crippen LogP contribution in [-0.2, 0) is 6.54 Å². The minimum atomic E-state index is 0. The Bertz CT molecular complexity index is 647. The fourth-order valence-electron chi connectivity index (χ4n) is 1.89. The molecule has 0 radical (unpaired) electrons. The summed E-state index contributed by atoms with van der Waals surface area (Å²) >= 11 is 3.46. The van der Waals surface area contributed by atoms with Gasteiger partial charge in [-0.1, -0.05) is 52.3 Å². The predicted molar refractivity (Wildman–Crippen MR) is 83.3 cm³/mol. The van der Waals surface area contributed by atoms with E-state index in [0.29, 0.717) is 0 Å².